The zero-order valence-corrected chi connectivity index (χ0v) is 45.2. The van der Waals surface area contributed by atoms with Gasteiger partial charge >= 0.3 is 0 Å². The molecule has 0 saturated carbocycles. The van der Waals surface area contributed by atoms with Crippen LogP contribution in [0.5, 0.6) is 23.0 Å². The van der Waals surface area contributed by atoms with E-state index < -0.39 is 10.8 Å². The zero-order chi connectivity index (χ0) is 54.6. The molecule has 388 valence electrons. The van der Waals surface area contributed by atoms with E-state index in [1.54, 1.807) is 0 Å². The summed E-state index contributed by atoms with van der Waals surface area (Å²) < 4.78 is 13.3. The molecule has 0 N–H and O–H groups in total. The Hall–Kier alpha value is -10.7. The highest BCUT2D eigenvalue weighted by Crippen LogP contribution is 2.65. The maximum atomic E-state index is 6.66. The minimum Gasteiger partial charge on any atom is -0.457 e. The van der Waals surface area contributed by atoms with Crippen LogP contribution in [0.2, 0.25) is 0 Å². The summed E-state index contributed by atoms with van der Waals surface area (Å²) in [4.78, 5) is 2.38. The van der Waals surface area contributed by atoms with E-state index in [4.69, 9.17) is 9.47 Å². The molecule has 2 aliphatic heterocycles. The van der Waals surface area contributed by atoms with Crippen LogP contribution in [0, 0.1) is 0 Å². The summed E-state index contributed by atoms with van der Waals surface area (Å²) in [5.41, 5.74) is 26.3. The monoisotopic (exact) mass is 1060 g/mol. The highest BCUT2D eigenvalue weighted by molar-refractivity contribution is 5.97. The van der Waals surface area contributed by atoms with Gasteiger partial charge in [-0.15, -0.1) is 0 Å². The van der Waals surface area contributed by atoms with Crippen molar-refractivity contribution in [3.63, 3.8) is 0 Å². The van der Waals surface area contributed by atoms with Crippen LogP contribution in [0.4, 0.5) is 17.1 Å². The van der Waals surface area contributed by atoms with Gasteiger partial charge in [-0.2, -0.15) is 0 Å². The number of para-hydroxylation sites is 4. The van der Waals surface area contributed by atoms with Crippen LogP contribution in [0.15, 0.2) is 309 Å². The number of ether oxygens (including phenoxy) is 2. The molecule has 2 heterocycles. The quantitative estimate of drug-likeness (QED) is 0.159. The molecule has 0 atom stereocenters. The molecule has 83 heavy (non-hydrogen) atoms. The van der Waals surface area contributed by atoms with Crippen LogP contribution in [-0.2, 0) is 10.8 Å². The fraction of sp³-hybridized carbons (Fsp3) is 0.0250. The second kappa shape index (κ2) is 18.4. The molecule has 0 radical (unpaired) electrons. The number of nitrogens with zero attached hydrogens (tertiary/aromatic N) is 1. The fourth-order valence-corrected chi connectivity index (χ4v) is 14.5. The van der Waals surface area contributed by atoms with E-state index in [1.807, 2.05) is 0 Å². The highest BCUT2D eigenvalue weighted by Gasteiger charge is 2.53. The molecule has 13 aromatic carbocycles. The van der Waals surface area contributed by atoms with E-state index in [1.165, 1.54) is 66.8 Å². The molecule has 3 heteroatoms. The van der Waals surface area contributed by atoms with Crippen molar-refractivity contribution in [3.05, 3.63) is 354 Å². The van der Waals surface area contributed by atoms with E-state index in [0.717, 1.165) is 84.6 Å². The van der Waals surface area contributed by atoms with Crippen molar-refractivity contribution in [1.82, 2.24) is 0 Å². The summed E-state index contributed by atoms with van der Waals surface area (Å²) in [5.74, 6) is 3.57. The van der Waals surface area contributed by atoms with Gasteiger partial charge in [-0.05, 0) is 156 Å². The van der Waals surface area contributed by atoms with Crippen molar-refractivity contribution >= 4 is 17.1 Å². The summed E-state index contributed by atoms with van der Waals surface area (Å²) in [6.07, 6.45) is 0. The number of anilines is 3. The maximum absolute atomic E-state index is 6.66. The van der Waals surface area contributed by atoms with Gasteiger partial charge in [0.2, 0.25) is 0 Å². The van der Waals surface area contributed by atoms with Gasteiger partial charge in [0.25, 0.3) is 0 Å². The number of hydrogen-bond acceptors (Lipinski definition) is 3. The third-order valence-electron chi connectivity index (χ3n) is 18.1. The average molecular weight is 1060 g/mol. The van der Waals surface area contributed by atoms with Crippen molar-refractivity contribution < 1.29 is 9.47 Å². The van der Waals surface area contributed by atoms with Crippen molar-refractivity contribution in [3.8, 4) is 89.8 Å². The van der Waals surface area contributed by atoms with Crippen molar-refractivity contribution in [1.29, 1.82) is 0 Å². The molecule has 0 saturated heterocycles. The van der Waals surface area contributed by atoms with Crippen LogP contribution in [0.3, 0.4) is 0 Å². The van der Waals surface area contributed by atoms with Gasteiger partial charge in [-0.3, -0.25) is 0 Å². The Balaban J connectivity index is 0.775. The molecule has 0 bridgehead atoms. The number of benzene rings is 13. The first-order chi connectivity index (χ1) is 41.1. The number of hydrogen-bond donors (Lipinski definition) is 0. The molecule has 13 aromatic rings. The standard InChI is InChI=1S/C80H51NO2/c1-2-17-52(18-3-1)53-33-35-54(36-34-53)55-37-44-59(45-38-55)81(60-46-39-56(40-47-60)58-43-50-64-63-19-4-6-22-66(63)80(73(64)51-58)70-26-10-14-31-76(70)83-77-32-15-11-27-71(77)80)61-48-41-57(42-49-61)62-21-16-28-72-78(62)65-20-5-7-23-67(65)79(72)68-24-8-12-29-74(68)82-75-30-13-9-25-69(75)79/h1-51H. The van der Waals surface area contributed by atoms with Gasteiger partial charge in [-0.25, -0.2) is 0 Å². The molecule has 2 aliphatic carbocycles. The lowest BCUT2D eigenvalue weighted by molar-refractivity contribution is 0.436. The largest absolute Gasteiger partial charge is 0.457 e. The molecule has 4 aliphatic rings. The Morgan fingerprint density at radius 3 is 1.04 bits per heavy atom. The van der Waals surface area contributed by atoms with Gasteiger partial charge in [0, 0.05) is 39.3 Å². The molecule has 0 fully saturated rings. The van der Waals surface area contributed by atoms with Crippen LogP contribution in [0.1, 0.15) is 44.5 Å². The summed E-state index contributed by atoms with van der Waals surface area (Å²) >= 11 is 0. The molecule has 0 unspecified atom stereocenters. The topological polar surface area (TPSA) is 21.7 Å². The first kappa shape index (κ1) is 47.1. The van der Waals surface area contributed by atoms with E-state index in [-0.39, 0.29) is 0 Å². The van der Waals surface area contributed by atoms with Crippen molar-refractivity contribution in [2.45, 2.75) is 10.8 Å². The van der Waals surface area contributed by atoms with Gasteiger partial charge in [-0.1, -0.05) is 243 Å². The van der Waals surface area contributed by atoms with Crippen molar-refractivity contribution in [2.75, 3.05) is 4.90 Å². The molecule has 0 amide bonds. The SMILES string of the molecule is c1ccc(-c2ccc(-c3ccc(N(c4ccc(-c5ccc6c(c5)C5(c7ccccc7Oc7ccccc75)c5ccccc5-6)cc4)c4ccc(-c5cccc6c5-c5ccccc5C65c6ccccc6Oc6ccccc65)cc4)cc3)cc2)cc1. The summed E-state index contributed by atoms with van der Waals surface area (Å²) in [6, 6.07) is 113. The summed E-state index contributed by atoms with van der Waals surface area (Å²) in [7, 11) is 0. The minimum absolute atomic E-state index is 0.541. The fourth-order valence-electron chi connectivity index (χ4n) is 14.5. The van der Waals surface area contributed by atoms with E-state index in [9.17, 15) is 0 Å². The van der Waals surface area contributed by atoms with Crippen molar-refractivity contribution in [2.24, 2.45) is 0 Å². The Bertz CT molecular complexity index is 4620. The maximum Gasteiger partial charge on any atom is 0.132 e. The molecule has 0 aromatic heterocycles. The lowest BCUT2D eigenvalue weighted by Crippen LogP contribution is -2.32. The van der Waals surface area contributed by atoms with E-state index in [2.05, 4.69) is 314 Å². The second-order valence-electron chi connectivity index (χ2n) is 22.2. The lowest BCUT2D eigenvalue weighted by Gasteiger charge is -2.39. The first-order valence-corrected chi connectivity index (χ1v) is 28.6. The Morgan fingerprint density at radius 2 is 0.530 bits per heavy atom. The average Bonchev–Trinajstić information content (AvgIpc) is 1.72. The number of rotatable bonds is 7. The molecule has 17 rings (SSSR count). The Kier molecular flexibility index (Phi) is 10.4. The Morgan fingerprint density at radius 1 is 0.205 bits per heavy atom. The third-order valence-corrected chi connectivity index (χ3v) is 18.1. The molecular formula is C80H51NO2. The first-order valence-electron chi connectivity index (χ1n) is 28.6. The predicted octanol–water partition coefficient (Wildman–Crippen LogP) is 20.8. The zero-order valence-electron chi connectivity index (χ0n) is 45.2. The second-order valence-corrected chi connectivity index (χ2v) is 22.2. The predicted molar refractivity (Wildman–Crippen MR) is 338 cm³/mol. The van der Waals surface area contributed by atoms with Gasteiger partial charge < -0.3 is 14.4 Å². The molecular weight excluding hydrogens is 1010 g/mol. The highest BCUT2D eigenvalue weighted by atomic mass is 16.5. The minimum atomic E-state index is -0.543. The lowest BCUT2D eigenvalue weighted by atomic mass is 9.66. The van der Waals surface area contributed by atoms with Crippen LogP contribution < -0.4 is 14.4 Å². The normalized spacial score (nSPS) is 13.7. The summed E-state index contributed by atoms with van der Waals surface area (Å²) in [5, 5.41) is 0. The molecule has 3 nitrogen and oxygen atoms in total. The van der Waals surface area contributed by atoms with Crippen LogP contribution in [-0.4, -0.2) is 0 Å². The molecule has 2 spiro atoms. The van der Waals surface area contributed by atoms with Gasteiger partial charge in [0.1, 0.15) is 23.0 Å². The van der Waals surface area contributed by atoms with E-state index in [0.29, 0.717) is 0 Å². The third kappa shape index (κ3) is 6.92. The Labute approximate surface area is 483 Å². The van der Waals surface area contributed by atoms with Crippen LogP contribution in [0.25, 0.3) is 66.8 Å². The number of fused-ring (bicyclic) bond motifs is 18. The van der Waals surface area contributed by atoms with Gasteiger partial charge in [0.15, 0.2) is 0 Å². The van der Waals surface area contributed by atoms with Crippen LogP contribution >= 0.6 is 0 Å². The smallest absolute Gasteiger partial charge is 0.132 e. The van der Waals surface area contributed by atoms with E-state index >= 15 is 0 Å². The van der Waals surface area contributed by atoms with Gasteiger partial charge in [0.05, 0.1) is 10.8 Å². The summed E-state index contributed by atoms with van der Waals surface area (Å²) in [6.45, 7) is 0.